The summed E-state index contributed by atoms with van der Waals surface area (Å²) in [5.41, 5.74) is 1.39. The third-order valence-corrected chi connectivity index (χ3v) is 1.88. The van der Waals surface area contributed by atoms with Crippen molar-refractivity contribution in [3.05, 3.63) is 35.4 Å². The second-order valence-corrected chi connectivity index (χ2v) is 2.93. The highest BCUT2D eigenvalue weighted by Crippen LogP contribution is 2.19. The summed E-state index contributed by atoms with van der Waals surface area (Å²) in [6, 6.07) is 5.32. The van der Waals surface area contributed by atoms with Crippen molar-refractivity contribution >= 4 is 12.4 Å². The number of carbonyl (C=O) groups is 1. The predicted octanol–water partition coefficient (Wildman–Crippen LogP) is 1.90. The van der Waals surface area contributed by atoms with Crippen LogP contribution in [-0.2, 0) is 0 Å². The zero-order valence-electron chi connectivity index (χ0n) is 8.64. The van der Waals surface area contributed by atoms with Gasteiger partial charge in [-0.3, -0.25) is 4.79 Å². The normalized spacial score (nSPS) is 10.5. The van der Waals surface area contributed by atoms with Gasteiger partial charge in [-0.15, -0.1) is 0 Å². The van der Waals surface area contributed by atoms with Crippen LogP contribution in [0.3, 0.4) is 0 Å². The van der Waals surface area contributed by atoms with Crippen LogP contribution in [0, 0.1) is 0 Å². The highest BCUT2D eigenvalue weighted by atomic mass is 16.5. The standard InChI is InChI=1S/C12H14O3/c1-2-15-12-6-5-10(4-3-7-13)8-11(12)9-14/h3-6,8-9,13H,2,7H2,1H3. The Kier molecular flexibility index (Phi) is 4.57. The van der Waals surface area contributed by atoms with E-state index in [0.717, 1.165) is 11.8 Å². The van der Waals surface area contributed by atoms with E-state index >= 15 is 0 Å². The third-order valence-electron chi connectivity index (χ3n) is 1.88. The molecule has 80 valence electrons. The molecule has 0 saturated heterocycles. The Labute approximate surface area is 89.0 Å². The van der Waals surface area contributed by atoms with Gasteiger partial charge in [-0.1, -0.05) is 18.2 Å². The second-order valence-electron chi connectivity index (χ2n) is 2.93. The molecule has 0 amide bonds. The molecule has 0 heterocycles. The van der Waals surface area contributed by atoms with Gasteiger partial charge in [0.15, 0.2) is 6.29 Å². The van der Waals surface area contributed by atoms with E-state index in [0.29, 0.717) is 17.9 Å². The van der Waals surface area contributed by atoms with Crippen molar-refractivity contribution in [3.63, 3.8) is 0 Å². The SMILES string of the molecule is CCOc1ccc(C=CCO)cc1C=O. The lowest BCUT2D eigenvalue weighted by Gasteiger charge is -2.06. The maximum Gasteiger partial charge on any atom is 0.153 e. The number of ether oxygens (including phenoxy) is 1. The van der Waals surface area contributed by atoms with Gasteiger partial charge in [0.05, 0.1) is 18.8 Å². The van der Waals surface area contributed by atoms with Gasteiger partial charge in [0, 0.05) is 0 Å². The Morgan fingerprint density at radius 1 is 1.47 bits per heavy atom. The molecule has 0 aliphatic heterocycles. The first-order valence-corrected chi connectivity index (χ1v) is 4.81. The van der Waals surface area contributed by atoms with Gasteiger partial charge in [0.25, 0.3) is 0 Å². The fourth-order valence-corrected chi connectivity index (χ4v) is 1.24. The number of aliphatic hydroxyl groups excluding tert-OH is 1. The van der Waals surface area contributed by atoms with E-state index in [-0.39, 0.29) is 6.61 Å². The van der Waals surface area contributed by atoms with E-state index in [1.54, 1.807) is 24.3 Å². The lowest BCUT2D eigenvalue weighted by molar-refractivity contribution is 0.112. The topological polar surface area (TPSA) is 46.5 Å². The lowest BCUT2D eigenvalue weighted by Crippen LogP contribution is -1.96. The van der Waals surface area contributed by atoms with Gasteiger partial charge in [-0.2, -0.15) is 0 Å². The average molecular weight is 206 g/mol. The first kappa shape index (κ1) is 11.5. The van der Waals surface area contributed by atoms with Crippen LogP contribution in [0.15, 0.2) is 24.3 Å². The molecular formula is C12H14O3. The number of aldehydes is 1. The first-order valence-electron chi connectivity index (χ1n) is 4.81. The minimum Gasteiger partial charge on any atom is -0.493 e. The molecule has 0 bridgehead atoms. The maximum atomic E-state index is 10.8. The van der Waals surface area contributed by atoms with Gasteiger partial charge in [0.1, 0.15) is 5.75 Å². The molecule has 0 unspecified atom stereocenters. The van der Waals surface area contributed by atoms with Crippen LogP contribution in [0.2, 0.25) is 0 Å². The van der Waals surface area contributed by atoms with Crippen LogP contribution < -0.4 is 4.74 Å². The van der Waals surface area contributed by atoms with Gasteiger partial charge in [-0.05, 0) is 24.6 Å². The number of rotatable bonds is 5. The average Bonchev–Trinajstić information content (AvgIpc) is 2.28. The van der Waals surface area contributed by atoms with Crippen LogP contribution >= 0.6 is 0 Å². The van der Waals surface area contributed by atoms with E-state index < -0.39 is 0 Å². The summed E-state index contributed by atoms with van der Waals surface area (Å²) in [6.07, 6.45) is 4.13. The lowest BCUT2D eigenvalue weighted by atomic mass is 10.1. The number of benzene rings is 1. The molecule has 3 heteroatoms. The molecule has 1 N–H and O–H groups in total. The molecule has 0 spiro atoms. The Balaban J connectivity index is 2.96. The first-order chi connectivity index (χ1) is 7.31. The largest absolute Gasteiger partial charge is 0.493 e. The quantitative estimate of drug-likeness (QED) is 0.748. The monoisotopic (exact) mass is 206 g/mol. The summed E-state index contributed by atoms with van der Waals surface area (Å²) in [5, 5.41) is 8.61. The van der Waals surface area contributed by atoms with Crippen LogP contribution in [0.4, 0.5) is 0 Å². The van der Waals surface area contributed by atoms with Crippen molar-refractivity contribution in [2.45, 2.75) is 6.92 Å². The predicted molar refractivity (Wildman–Crippen MR) is 59.1 cm³/mol. The molecule has 15 heavy (non-hydrogen) atoms. The van der Waals surface area contributed by atoms with Gasteiger partial charge < -0.3 is 9.84 Å². The van der Waals surface area contributed by atoms with Crippen molar-refractivity contribution in [3.8, 4) is 5.75 Å². The fraction of sp³-hybridized carbons (Fsp3) is 0.250. The van der Waals surface area contributed by atoms with Crippen molar-refractivity contribution in [2.75, 3.05) is 13.2 Å². The summed E-state index contributed by atoms with van der Waals surface area (Å²) < 4.78 is 5.28. The third kappa shape index (κ3) is 3.22. The fourth-order valence-electron chi connectivity index (χ4n) is 1.24. The molecular weight excluding hydrogens is 192 g/mol. The van der Waals surface area contributed by atoms with E-state index in [2.05, 4.69) is 0 Å². The summed E-state index contributed by atoms with van der Waals surface area (Å²) >= 11 is 0. The Hall–Kier alpha value is -1.61. The number of aliphatic hydroxyl groups is 1. The molecule has 0 aromatic heterocycles. The van der Waals surface area contributed by atoms with Crippen LogP contribution in [-0.4, -0.2) is 24.6 Å². The van der Waals surface area contributed by atoms with Crippen molar-refractivity contribution in [2.24, 2.45) is 0 Å². The van der Waals surface area contributed by atoms with E-state index in [9.17, 15) is 4.79 Å². The molecule has 1 rings (SSSR count). The summed E-state index contributed by atoms with van der Waals surface area (Å²) in [5.74, 6) is 0.591. The van der Waals surface area contributed by atoms with Gasteiger partial charge in [-0.25, -0.2) is 0 Å². The van der Waals surface area contributed by atoms with Crippen molar-refractivity contribution in [1.29, 1.82) is 0 Å². The van der Waals surface area contributed by atoms with Gasteiger partial charge >= 0.3 is 0 Å². The van der Waals surface area contributed by atoms with E-state index in [4.69, 9.17) is 9.84 Å². The second kappa shape index (κ2) is 5.98. The molecule has 0 fully saturated rings. The summed E-state index contributed by atoms with van der Waals surface area (Å²) in [6.45, 7) is 2.39. The number of hydrogen-bond acceptors (Lipinski definition) is 3. The Morgan fingerprint density at radius 3 is 2.87 bits per heavy atom. The Morgan fingerprint density at radius 2 is 2.27 bits per heavy atom. The number of hydrogen-bond donors (Lipinski definition) is 1. The summed E-state index contributed by atoms with van der Waals surface area (Å²) in [4.78, 5) is 10.8. The number of carbonyl (C=O) groups excluding carboxylic acids is 1. The smallest absolute Gasteiger partial charge is 0.153 e. The molecule has 0 aliphatic rings. The van der Waals surface area contributed by atoms with Crippen LogP contribution in [0.5, 0.6) is 5.75 Å². The molecule has 1 aromatic carbocycles. The molecule has 3 nitrogen and oxygen atoms in total. The minimum atomic E-state index is -0.0103. The molecule has 0 saturated carbocycles. The molecule has 0 radical (unpaired) electrons. The van der Waals surface area contributed by atoms with Crippen molar-refractivity contribution < 1.29 is 14.6 Å². The molecule has 0 atom stereocenters. The van der Waals surface area contributed by atoms with Crippen LogP contribution in [0.25, 0.3) is 6.08 Å². The zero-order valence-corrected chi connectivity index (χ0v) is 8.64. The van der Waals surface area contributed by atoms with Crippen LogP contribution in [0.1, 0.15) is 22.8 Å². The van der Waals surface area contributed by atoms with Gasteiger partial charge in [0.2, 0.25) is 0 Å². The highest BCUT2D eigenvalue weighted by molar-refractivity contribution is 5.80. The Bertz CT molecular complexity index is 356. The van der Waals surface area contributed by atoms with E-state index in [1.165, 1.54) is 0 Å². The molecule has 0 aliphatic carbocycles. The molecule has 1 aromatic rings. The maximum absolute atomic E-state index is 10.8. The minimum absolute atomic E-state index is 0.0103. The summed E-state index contributed by atoms with van der Waals surface area (Å²) in [7, 11) is 0. The highest BCUT2D eigenvalue weighted by Gasteiger charge is 2.02. The van der Waals surface area contributed by atoms with E-state index in [1.807, 2.05) is 13.0 Å². The van der Waals surface area contributed by atoms with Crippen molar-refractivity contribution in [1.82, 2.24) is 0 Å². The zero-order chi connectivity index (χ0) is 11.1.